The van der Waals surface area contributed by atoms with E-state index in [1.165, 1.54) is 6.08 Å². The zero-order valence-electron chi connectivity index (χ0n) is 9.80. The van der Waals surface area contributed by atoms with Crippen LogP contribution in [0, 0.1) is 0 Å². The molecule has 1 heterocycles. The summed E-state index contributed by atoms with van der Waals surface area (Å²) in [6.07, 6.45) is 1.66. The lowest BCUT2D eigenvalue weighted by molar-refractivity contribution is -0.145. The number of carbonyl (C=O) groups excluding carboxylic acids is 1. The SMILES string of the molecule is COC1=CC(=O)O[C@@H](c2ccc(OC)cc2)C1. The molecule has 0 spiro atoms. The first kappa shape index (κ1) is 11.5. The molecule has 0 saturated heterocycles. The van der Waals surface area contributed by atoms with Gasteiger partial charge in [0.05, 0.1) is 20.3 Å². The third-order valence-corrected chi connectivity index (χ3v) is 2.67. The molecular formula is C13H14O4. The zero-order valence-corrected chi connectivity index (χ0v) is 9.80. The highest BCUT2D eigenvalue weighted by Crippen LogP contribution is 2.30. The van der Waals surface area contributed by atoms with Gasteiger partial charge in [-0.25, -0.2) is 4.79 Å². The number of cyclic esters (lactones) is 1. The standard InChI is InChI=1S/C13H14O4/c1-15-10-5-3-9(4-6-10)12-7-11(16-2)8-13(14)17-12/h3-6,8,12H,7H2,1-2H3/t12-/m1/s1. The maximum Gasteiger partial charge on any atom is 0.334 e. The molecule has 0 radical (unpaired) electrons. The van der Waals surface area contributed by atoms with E-state index in [4.69, 9.17) is 14.2 Å². The molecule has 1 aromatic rings. The third-order valence-electron chi connectivity index (χ3n) is 2.67. The van der Waals surface area contributed by atoms with E-state index in [0.29, 0.717) is 12.2 Å². The molecule has 4 heteroatoms. The van der Waals surface area contributed by atoms with Crippen LogP contribution in [-0.2, 0) is 14.3 Å². The Kier molecular flexibility index (Phi) is 3.32. The summed E-state index contributed by atoms with van der Waals surface area (Å²) in [4.78, 5) is 11.3. The van der Waals surface area contributed by atoms with Crippen molar-refractivity contribution in [2.45, 2.75) is 12.5 Å². The number of hydrogen-bond acceptors (Lipinski definition) is 4. The number of methoxy groups -OCH3 is 2. The van der Waals surface area contributed by atoms with Crippen LogP contribution in [0.5, 0.6) is 5.75 Å². The molecule has 0 N–H and O–H groups in total. The van der Waals surface area contributed by atoms with Crippen molar-refractivity contribution in [3.63, 3.8) is 0 Å². The molecule has 0 unspecified atom stereocenters. The van der Waals surface area contributed by atoms with Gasteiger partial charge in [0, 0.05) is 6.42 Å². The lowest BCUT2D eigenvalue weighted by Gasteiger charge is -2.22. The van der Waals surface area contributed by atoms with Crippen molar-refractivity contribution in [1.29, 1.82) is 0 Å². The van der Waals surface area contributed by atoms with E-state index in [2.05, 4.69) is 0 Å². The Balaban J connectivity index is 2.17. The molecule has 2 rings (SSSR count). The number of benzene rings is 1. The number of hydrogen-bond donors (Lipinski definition) is 0. The van der Waals surface area contributed by atoms with E-state index in [1.807, 2.05) is 24.3 Å². The molecule has 17 heavy (non-hydrogen) atoms. The second-order valence-corrected chi connectivity index (χ2v) is 3.72. The second kappa shape index (κ2) is 4.91. The summed E-state index contributed by atoms with van der Waals surface area (Å²) in [6.45, 7) is 0. The van der Waals surface area contributed by atoms with E-state index in [9.17, 15) is 4.79 Å². The third kappa shape index (κ3) is 2.58. The van der Waals surface area contributed by atoms with Crippen molar-refractivity contribution >= 4 is 5.97 Å². The molecule has 0 bridgehead atoms. The fraction of sp³-hybridized carbons (Fsp3) is 0.308. The van der Waals surface area contributed by atoms with E-state index in [1.54, 1.807) is 14.2 Å². The molecule has 4 nitrogen and oxygen atoms in total. The Morgan fingerprint density at radius 1 is 1.18 bits per heavy atom. The minimum Gasteiger partial charge on any atom is -0.501 e. The molecule has 1 atom stereocenters. The summed E-state index contributed by atoms with van der Waals surface area (Å²) in [5, 5.41) is 0. The van der Waals surface area contributed by atoms with Crippen molar-refractivity contribution < 1.29 is 19.0 Å². The van der Waals surface area contributed by atoms with Crippen LogP contribution in [0.2, 0.25) is 0 Å². The summed E-state index contributed by atoms with van der Waals surface area (Å²) in [5.41, 5.74) is 0.932. The normalized spacial score (nSPS) is 19.3. The van der Waals surface area contributed by atoms with Crippen molar-refractivity contribution in [3.8, 4) is 5.75 Å². The molecule has 0 amide bonds. The van der Waals surface area contributed by atoms with Crippen LogP contribution >= 0.6 is 0 Å². The van der Waals surface area contributed by atoms with E-state index >= 15 is 0 Å². The fourth-order valence-corrected chi connectivity index (χ4v) is 1.74. The minimum absolute atomic E-state index is 0.284. The smallest absolute Gasteiger partial charge is 0.334 e. The van der Waals surface area contributed by atoms with Crippen LogP contribution < -0.4 is 4.74 Å². The maximum absolute atomic E-state index is 11.3. The largest absolute Gasteiger partial charge is 0.501 e. The van der Waals surface area contributed by atoms with Crippen LogP contribution in [-0.4, -0.2) is 20.2 Å². The lowest BCUT2D eigenvalue weighted by atomic mass is 10.0. The number of carbonyl (C=O) groups is 1. The quantitative estimate of drug-likeness (QED) is 0.752. The Bertz CT molecular complexity index is 433. The first-order valence-electron chi connectivity index (χ1n) is 5.32. The Labute approximate surface area is 99.8 Å². The van der Waals surface area contributed by atoms with Gasteiger partial charge in [-0.05, 0) is 17.7 Å². The van der Waals surface area contributed by atoms with Crippen molar-refractivity contribution in [3.05, 3.63) is 41.7 Å². The van der Waals surface area contributed by atoms with Crippen LogP contribution in [0.4, 0.5) is 0 Å². The summed E-state index contributed by atoms with van der Waals surface area (Å²) >= 11 is 0. The number of esters is 1. The summed E-state index contributed by atoms with van der Waals surface area (Å²) in [5.74, 6) is 1.05. The van der Waals surface area contributed by atoms with Gasteiger partial charge in [0.25, 0.3) is 0 Å². The van der Waals surface area contributed by atoms with E-state index in [-0.39, 0.29) is 12.1 Å². The Morgan fingerprint density at radius 2 is 1.88 bits per heavy atom. The van der Waals surface area contributed by atoms with Crippen LogP contribution in [0.25, 0.3) is 0 Å². The van der Waals surface area contributed by atoms with Gasteiger partial charge < -0.3 is 14.2 Å². The van der Waals surface area contributed by atoms with Crippen molar-refractivity contribution in [2.24, 2.45) is 0 Å². The Hall–Kier alpha value is -1.97. The summed E-state index contributed by atoms with van der Waals surface area (Å²) < 4.78 is 15.4. The van der Waals surface area contributed by atoms with Crippen LogP contribution in [0.1, 0.15) is 18.1 Å². The van der Waals surface area contributed by atoms with E-state index in [0.717, 1.165) is 11.3 Å². The highest BCUT2D eigenvalue weighted by atomic mass is 16.5. The molecule has 90 valence electrons. The summed E-state index contributed by atoms with van der Waals surface area (Å²) in [6, 6.07) is 7.45. The van der Waals surface area contributed by atoms with Gasteiger partial charge in [0.2, 0.25) is 0 Å². The molecule has 1 aromatic carbocycles. The van der Waals surface area contributed by atoms with Gasteiger partial charge in [-0.3, -0.25) is 0 Å². The average molecular weight is 234 g/mol. The summed E-state index contributed by atoms with van der Waals surface area (Å²) in [7, 11) is 3.16. The highest BCUT2D eigenvalue weighted by Gasteiger charge is 2.23. The van der Waals surface area contributed by atoms with Gasteiger partial charge in [-0.2, -0.15) is 0 Å². The topological polar surface area (TPSA) is 44.8 Å². The predicted octanol–water partition coefficient (Wildman–Crippen LogP) is 2.21. The fourth-order valence-electron chi connectivity index (χ4n) is 1.74. The van der Waals surface area contributed by atoms with Gasteiger partial charge in [0.15, 0.2) is 0 Å². The molecule has 0 saturated carbocycles. The van der Waals surface area contributed by atoms with Gasteiger partial charge in [-0.1, -0.05) is 12.1 Å². The highest BCUT2D eigenvalue weighted by molar-refractivity contribution is 5.83. The predicted molar refractivity (Wildman–Crippen MR) is 61.5 cm³/mol. The molecule has 0 aliphatic carbocycles. The first-order valence-corrected chi connectivity index (χ1v) is 5.32. The zero-order chi connectivity index (χ0) is 12.3. The number of ether oxygens (including phenoxy) is 3. The number of rotatable bonds is 3. The molecule has 1 aliphatic rings. The van der Waals surface area contributed by atoms with Crippen LogP contribution in [0.3, 0.4) is 0 Å². The van der Waals surface area contributed by atoms with Gasteiger partial charge in [0.1, 0.15) is 17.6 Å². The molecule has 0 aromatic heterocycles. The van der Waals surface area contributed by atoms with Crippen molar-refractivity contribution in [2.75, 3.05) is 14.2 Å². The monoisotopic (exact) mass is 234 g/mol. The average Bonchev–Trinajstić information content (AvgIpc) is 2.38. The lowest BCUT2D eigenvalue weighted by Crippen LogP contribution is -2.16. The molecular weight excluding hydrogens is 220 g/mol. The minimum atomic E-state index is -0.367. The van der Waals surface area contributed by atoms with Crippen LogP contribution in [0.15, 0.2) is 36.1 Å². The first-order chi connectivity index (χ1) is 8.22. The molecule has 1 aliphatic heterocycles. The van der Waals surface area contributed by atoms with Crippen molar-refractivity contribution in [1.82, 2.24) is 0 Å². The van der Waals surface area contributed by atoms with E-state index < -0.39 is 0 Å². The Morgan fingerprint density at radius 3 is 2.47 bits per heavy atom. The van der Waals surface area contributed by atoms with Gasteiger partial charge >= 0.3 is 5.97 Å². The van der Waals surface area contributed by atoms with Gasteiger partial charge in [-0.15, -0.1) is 0 Å². The second-order valence-electron chi connectivity index (χ2n) is 3.72. The maximum atomic E-state index is 11.3. The molecule has 0 fully saturated rings.